The first-order valence-corrected chi connectivity index (χ1v) is 6.98. The molecule has 1 aromatic carbocycles. The van der Waals surface area contributed by atoms with Crippen LogP contribution in [0.15, 0.2) is 24.3 Å². The summed E-state index contributed by atoms with van der Waals surface area (Å²) in [6.07, 6.45) is -3.64. The Morgan fingerprint density at radius 2 is 1.75 bits per heavy atom. The zero-order chi connectivity index (χ0) is 15.3. The number of alkyl halides is 3. The lowest BCUT2D eigenvalue weighted by atomic mass is 9.96. The van der Waals surface area contributed by atoms with E-state index in [-0.39, 0.29) is 12.6 Å². The van der Waals surface area contributed by atoms with Crippen LogP contribution in [0.4, 0.5) is 13.2 Å². The zero-order valence-electron chi connectivity index (χ0n) is 11.6. The van der Waals surface area contributed by atoms with E-state index in [1.54, 1.807) is 31.2 Å². The molecule has 2 atom stereocenters. The number of benzene rings is 1. The number of halogens is 4. The number of nitrogens with two attached hydrogens (primary N) is 1. The molecule has 6 heteroatoms. The molecule has 1 aromatic rings. The molecule has 0 bridgehead atoms. The van der Waals surface area contributed by atoms with Gasteiger partial charge in [0.25, 0.3) is 0 Å². The average molecular weight is 309 g/mol. The Morgan fingerprint density at radius 3 is 2.15 bits per heavy atom. The lowest BCUT2D eigenvalue weighted by molar-refractivity contribution is -0.151. The first-order chi connectivity index (χ1) is 9.28. The summed E-state index contributed by atoms with van der Waals surface area (Å²) in [6.45, 7) is 2.89. The molecular formula is C14H20ClF3N2. The smallest absolute Gasteiger partial charge is 0.326 e. The first-order valence-electron chi connectivity index (χ1n) is 6.60. The van der Waals surface area contributed by atoms with Crippen LogP contribution in [0, 0.1) is 0 Å². The number of hydrogen-bond acceptors (Lipinski definition) is 2. The largest absolute Gasteiger partial charge is 0.401 e. The summed E-state index contributed by atoms with van der Waals surface area (Å²) >= 11 is 5.82. The van der Waals surface area contributed by atoms with Gasteiger partial charge < -0.3 is 5.73 Å². The van der Waals surface area contributed by atoms with Gasteiger partial charge in [-0.1, -0.05) is 37.6 Å². The highest BCUT2D eigenvalue weighted by atomic mass is 35.5. The van der Waals surface area contributed by atoms with Gasteiger partial charge in [0.15, 0.2) is 0 Å². The minimum absolute atomic E-state index is 0.278. The summed E-state index contributed by atoms with van der Waals surface area (Å²) in [7, 11) is 0. The molecule has 0 saturated carbocycles. The molecule has 0 aliphatic carbocycles. The van der Waals surface area contributed by atoms with Gasteiger partial charge >= 0.3 is 6.18 Å². The summed E-state index contributed by atoms with van der Waals surface area (Å²) in [4.78, 5) is 1.36. The van der Waals surface area contributed by atoms with Crippen LogP contribution in [0.1, 0.15) is 31.9 Å². The van der Waals surface area contributed by atoms with Crippen molar-refractivity contribution in [2.45, 2.75) is 38.5 Å². The SMILES string of the molecule is CCC(N)C(c1ccc(Cl)cc1)N(CC)CC(F)(F)F. The number of nitrogens with zero attached hydrogens (tertiary/aromatic N) is 1. The third-order valence-corrected chi connectivity index (χ3v) is 3.52. The molecule has 0 fully saturated rings. The molecule has 2 unspecified atom stereocenters. The van der Waals surface area contributed by atoms with Crippen LogP contribution in [-0.2, 0) is 0 Å². The first kappa shape index (κ1) is 17.3. The second-order valence-electron chi connectivity index (χ2n) is 4.75. The molecule has 1 rings (SSSR count). The summed E-state index contributed by atoms with van der Waals surface area (Å²) in [5.41, 5.74) is 6.80. The molecular weight excluding hydrogens is 289 g/mol. The highest BCUT2D eigenvalue weighted by molar-refractivity contribution is 6.30. The van der Waals surface area contributed by atoms with Crippen molar-refractivity contribution in [2.24, 2.45) is 5.73 Å². The minimum Gasteiger partial charge on any atom is -0.326 e. The van der Waals surface area contributed by atoms with Crippen LogP contribution in [0.5, 0.6) is 0 Å². The van der Waals surface area contributed by atoms with Crippen LogP contribution in [-0.4, -0.2) is 30.2 Å². The summed E-state index contributed by atoms with van der Waals surface area (Å²) in [6, 6.07) is 5.99. The summed E-state index contributed by atoms with van der Waals surface area (Å²) in [5, 5.41) is 0.552. The van der Waals surface area contributed by atoms with Crippen molar-refractivity contribution in [2.75, 3.05) is 13.1 Å². The van der Waals surface area contributed by atoms with Crippen molar-refractivity contribution in [3.63, 3.8) is 0 Å². The maximum absolute atomic E-state index is 12.7. The molecule has 0 radical (unpaired) electrons. The average Bonchev–Trinajstić information content (AvgIpc) is 2.38. The molecule has 2 N–H and O–H groups in total. The van der Waals surface area contributed by atoms with E-state index in [0.717, 1.165) is 5.56 Å². The van der Waals surface area contributed by atoms with E-state index in [1.165, 1.54) is 4.90 Å². The predicted octanol–water partition coefficient (Wildman–Crippen LogP) is 4.00. The maximum Gasteiger partial charge on any atom is 0.401 e. The fraction of sp³-hybridized carbons (Fsp3) is 0.571. The fourth-order valence-corrected chi connectivity index (χ4v) is 2.38. The third kappa shape index (κ3) is 4.96. The Morgan fingerprint density at radius 1 is 1.20 bits per heavy atom. The number of likely N-dealkylation sites (N-methyl/N-ethyl adjacent to an activating group) is 1. The quantitative estimate of drug-likeness (QED) is 0.860. The molecule has 0 aromatic heterocycles. The molecule has 0 saturated heterocycles. The van der Waals surface area contributed by atoms with E-state index in [1.807, 2.05) is 6.92 Å². The van der Waals surface area contributed by atoms with Gasteiger partial charge in [0.05, 0.1) is 12.6 Å². The van der Waals surface area contributed by atoms with Crippen LogP contribution in [0.3, 0.4) is 0 Å². The van der Waals surface area contributed by atoms with E-state index in [9.17, 15) is 13.2 Å². The van der Waals surface area contributed by atoms with Crippen molar-refractivity contribution in [1.29, 1.82) is 0 Å². The second kappa shape index (κ2) is 7.29. The second-order valence-corrected chi connectivity index (χ2v) is 5.18. The highest BCUT2D eigenvalue weighted by Gasteiger charge is 2.35. The van der Waals surface area contributed by atoms with Crippen molar-refractivity contribution >= 4 is 11.6 Å². The third-order valence-electron chi connectivity index (χ3n) is 3.27. The van der Waals surface area contributed by atoms with Crippen molar-refractivity contribution in [3.8, 4) is 0 Å². The van der Waals surface area contributed by atoms with Gasteiger partial charge in [0, 0.05) is 11.1 Å². The Hall–Kier alpha value is -0.780. The van der Waals surface area contributed by atoms with Gasteiger partial charge in [-0.2, -0.15) is 13.2 Å². The lowest BCUT2D eigenvalue weighted by Crippen LogP contribution is -2.44. The molecule has 20 heavy (non-hydrogen) atoms. The minimum atomic E-state index is -4.24. The molecule has 0 heterocycles. The fourth-order valence-electron chi connectivity index (χ4n) is 2.25. The zero-order valence-corrected chi connectivity index (χ0v) is 12.4. The topological polar surface area (TPSA) is 29.3 Å². The molecule has 0 spiro atoms. The summed E-state index contributed by atoms with van der Waals surface area (Å²) < 4.78 is 38.1. The Bertz CT molecular complexity index is 406. The number of hydrogen-bond donors (Lipinski definition) is 1. The molecule has 2 nitrogen and oxygen atoms in total. The van der Waals surface area contributed by atoms with Gasteiger partial charge in [-0.15, -0.1) is 0 Å². The Labute approximate surface area is 122 Å². The van der Waals surface area contributed by atoms with Crippen molar-refractivity contribution in [1.82, 2.24) is 4.90 Å². The van der Waals surface area contributed by atoms with Gasteiger partial charge in [-0.3, -0.25) is 4.90 Å². The van der Waals surface area contributed by atoms with Crippen LogP contribution in [0.25, 0.3) is 0 Å². The predicted molar refractivity (Wildman–Crippen MR) is 75.8 cm³/mol. The van der Waals surface area contributed by atoms with Crippen LogP contribution >= 0.6 is 11.6 Å². The molecule has 114 valence electrons. The Kier molecular flexibility index (Phi) is 6.30. The van der Waals surface area contributed by atoms with E-state index in [0.29, 0.717) is 11.4 Å². The van der Waals surface area contributed by atoms with E-state index < -0.39 is 18.8 Å². The molecule has 0 aliphatic rings. The standard InChI is InChI=1S/C14H20ClF3N2/c1-3-12(19)13(10-5-7-11(15)8-6-10)20(4-2)9-14(16,17)18/h5-8,12-13H,3-4,9,19H2,1-2H3. The van der Waals surface area contributed by atoms with E-state index >= 15 is 0 Å². The lowest BCUT2D eigenvalue weighted by Gasteiger charge is -2.35. The summed E-state index contributed by atoms with van der Waals surface area (Å²) in [5.74, 6) is 0. The van der Waals surface area contributed by atoms with Gasteiger partial charge in [-0.05, 0) is 30.7 Å². The van der Waals surface area contributed by atoms with Crippen LogP contribution < -0.4 is 5.73 Å². The van der Waals surface area contributed by atoms with Gasteiger partial charge in [0.1, 0.15) is 0 Å². The molecule has 0 aliphatic heterocycles. The Balaban J connectivity index is 3.07. The monoisotopic (exact) mass is 308 g/mol. The molecule has 0 amide bonds. The maximum atomic E-state index is 12.7. The van der Waals surface area contributed by atoms with Gasteiger partial charge in [-0.25, -0.2) is 0 Å². The van der Waals surface area contributed by atoms with Crippen LogP contribution in [0.2, 0.25) is 5.02 Å². The van der Waals surface area contributed by atoms with E-state index in [4.69, 9.17) is 17.3 Å². The van der Waals surface area contributed by atoms with Crippen molar-refractivity contribution < 1.29 is 13.2 Å². The van der Waals surface area contributed by atoms with Crippen molar-refractivity contribution in [3.05, 3.63) is 34.9 Å². The normalized spacial score (nSPS) is 15.4. The highest BCUT2D eigenvalue weighted by Crippen LogP contribution is 2.29. The number of rotatable bonds is 6. The van der Waals surface area contributed by atoms with Gasteiger partial charge in [0.2, 0.25) is 0 Å². The van der Waals surface area contributed by atoms with E-state index in [2.05, 4.69) is 0 Å².